The molecule has 3 aliphatic carbocycles. The van der Waals surface area contributed by atoms with E-state index in [4.69, 9.17) is 8.85 Å². The predicted molar refractivity (Wildman–Crippen MR) is 167 cm³/mol. The van der Waals surface area contributed by atoms with E-state index >= 15 is 0 Å². The van der Waals surface area contributed by atoms with Crippen molar-refractivity contribution in [1.29, 1.82) is 0 Å². The van der Waals surface area contributed by atoms with Gasteiger partial charge in [0, 0.05) is 12.5 Å². The molecular weight excluding hydrogens is 501 g/mol. The molecule has 5 atom stereocenters. The molecule has 0 amide bonds. The molecule has 0 aliphatic heterocycles. The number of rotatable bonds is 8. The van der Waals surface area contributed by atoms with E-state index in [-0.39, 0.29) is 28.9 Å². The van der Waals surface area contributed by atoms with Crippen LogP contribution in [0.2, 0.25) is 36.3 Å². The summed E-state index contributed by atoms with van der Waals surface area (Å²) in [5, 5.41) is 9.63. The normalized spacial score (nSPS) is 29.3. The highest BCUT2D eigenvalue weighted by Gasteiger charge is 2.50. The molecule has 1 N–H and O–H groups in total. The zero-order valence-electron chi connectivity index (χ0n) is 26.6. The molecular formula is C33H60O3Si2. The SMILES string of the molecule is CC(C)(C)[Si](C)(C)OC(C#CC1[C@H]2C/C(=C\CCCO)[C@H]2CC[C@H]1O[Si](C)(C)C(C)(C)C)C1CCCCC1. The molecule has 38 heavy (non-hydrogen) atoms. The van der Waals surface area contributed by atoms with Gasteiger partial charge in [0.25, 0.3) is 0 Å². The summed E-state index contributed by atoms with van der Waals surface area (Å²) in [6.07, 6.45) is 14.6. The summed E-state index contributed by atoms with van der Waals surface area (Å²) in [7, 11) is -3.81. The van der Waals surface area contributed by atoms with Crippen LogP contribution < -0.4 is 0 Å². The Balaban J connectivity index is 1.90. The van der Waals surface area contributed by atoms with E-state index in [9.17, 15) is 5.11 Å². The van der Waals surface area contributed by atoms with Crippen molar-refractivity contribution in [3.63, 3.8) is 0 Å². The third kappa shape index (κ3) is 7.66. The predicted octanol–water partition coefficient (Wildman–Crippen LogP) is 9.10. The molecule has 5 heteroatoms. The smallest absolute Gasteiger partial charge is 0.193 e. The van der Waals surface area contributed by atoms with Crippen LogP contribution >= 0.6 is 0 Å². The Hall–Kier alpha value is -0.386. The second kappa shape index (κ2) is 12.6. The summed E-state index contributed by atoms with van der Waals surface area (Å²) < 4.78 is 14.2. The lowest BCUT2D eigenvalue weighted by molar-refractivity contribution is 0.0210. The molecule has 3 saturated carbocycles. The number of aliphatic hydroxyl groups is 1. The van der Waals surface area contributed by atoms with Crippen molar-refractivity contribution >= 4 is 16.6 Å². The van der Waals surface area contributed by atoms with Crippen molar-refractivity contribution in [2.45, 2.75) is 154 Å². The van der Waals surface area contributed by atoms with Crippen molar-refractivity contribution in [2.75, 3.05) is 6.61 Å². The molecule has 3 fully saturated rings. The largest absolute Gasteiger partial charge is 0.413 e. The Morgan fingerprint density at radius 1 is 0.921 bits per heavy atom. The Bertz CT molecular complexity index is 861. The number of unbranched alkanes of at least 4 members (excludes halogenated alkanes) is 1. The molecule has 0 spiro atoms. The maximum absolute atomic E-state index is 9.24. The minimum Gasteiger partial charge on any atom is -0.413 e. The van der Waals surface area contributed by atoms with E-state index in [0.717, 1.165) is 25.7 Å². The third-order valence-corrected chi connectivity index (χ3v) is 19.8. The number of allylic oxidation sites excluding steroid dienone is 2. The molecule has 0 saturated heterocycles. The lowest BCUT2D eigenvalue weighted by Gasteiger charge is -2.52. The van der Waals surface area contributed by atoms with Crippen LogP contribution in [0.25, 0.3) is 0 Å². The van der Waals surface area contributed by atoms with Gasteiger partial charge in [-0.05, 0) is 99.0 Å². The minimum atomic E-state index is -1.92. The Kier molecular flexibility index (Phi) is 10.7. The molecule has 3 nitrogen and oxygen atoms in total. The first-order chi connectivity index (χ1) is 17.6. The lowest BCUT2D eigenvalue weighted by atomic mass is 9.57. The van der Waals surface area contributed by atoms with Gasteiger partial charge in [0.05, 0.1) is 6.10 Å². The summed E-state index contributed by atoms with van der Waals surface area (Å²) >= 11 is 0. The molecule has 218 valence electrons. The summed E-state index contributed by atoms with van der Waals surface area (Å²) in [6, 6.07) is 0. The van der Waals surface area contributed by atoms with Crippen molar-refractivity contribution < 1.29 is 14.0 Å². The summed E-state index contributed by atoms with van der Waals surface area (Å²) in [5.41, 5.74) is 1.61. The van der Waals surface area contributed by atoms with Gasteiger partial charge >= 0.3 is 0 Å². The van der Waals surface area contributed by atoms with Gasteiger partial charge in [-0.25, -0.2) is 0 Å². The van der Waals surface area contributed by atoms with E-state index in [0.29, 0.717) is 23.7 Å². The number of hydrogen-bond donors (Lipinski definition) is 1. The molecule has 2 unspecified atom stereocenters. The van der Waals surface area contributed by atoms with Gasteiger partial charge in [-0.3, -0.25) is 0 Å². The fourth-order valence-electron chi connectivity index (χ4n) is 6.11. The molecule has 0 aromatic carbocycles. The summed E-state index contributed by atoms with van der Waals surface area (Å²) in [5.74, 6) is 9.88. The standard InChI is InChI=1S/C33H60O3Si2/c1-32(2,3)37(7,8)35-30(25-16-12-11-13-17-25)21-20-28-29-24-26(18-14-15-23-34)27(29)19-22-31(28)36-38(9,10)33(4,5)6/h18,25,27-31,34H,11-17,19,22-24H2,1-10H3/b26-18+/t27-,28?,29+,30?,31-/m1/s1. The molecule has 0 bridgehead atoms. The van der Waals surface area contributed by atoms with Crippen LogP contribution in [0.5, 0.6) is 0 Å². The lowest BCUT2D eigenvalue weighted by Crippen LogP contribution is -2.51. The van der Waals surface area contributed by atoms with Crippen LogP contribution in [-0.2, 0) is 8.85 Å². The highest BCUT2D eigenvalue weighted by atomic mass is 28.4. The Labute approximate surface area is 238 Å². The first-order valence-electron chi connectivity index (χ1n) is 15.7. The van der Waals surface area contributed by atoms with Gasteiger partial charge < -0.3 is 14.0 Å². The maximum Gasteiger partial charge on any atom is 0.193 e. The average Bonchev–Trinajstić information content (AvgIpc) is 2.79. The quantitative estimate of drug-likeness (QED) is 0.139. The topological polar surface area (TPSA) is 38.7 Å². The van der Waals surface area contributed by atoms with Gasteiger partial charge in [-0.1, -0.05) is 84.3 Å². The summed E-state index contributed by atoms with van der Waals surface area (Å²) in [4.78, 5) is 0. The van der Waals surface area contributed by atoms with Gasteiger partial charge in [0.1, 0.15) is 6.10 Å². The van der Waals surface area contributed by atoms with Crippen LogP contribution in [0, 0.1) is 35.5 Å². The number of hydrogen-bond acceptors (Lipinski definition) is 3. The average molecular weight is 561 g/mol. The Morgan fingerprint density at radius 2 is 1.55 bits per heavy atom. The van der Waals surface area contributed by atoms with Crippen molar-refractivity contribution in [3.05, 3.63) is 11.6 Å². The van der Waals surface area contributed by atoms with Gasteiger partial charge in [0.15, 0.2) is 16.6 Å². The van der Waals surface area contributed by atoms with Crippen molar-refractivity contribution in [1.82, 2.24) is 0 Å². The van der Waals surface area contributed by atoms with E-state index in [1.54, 1.807) is 5.57 Å². The van der Waals surface area contributed by atoms with Crippen molar-refractivity contribution in [3.8, 4) is 11.8 Å². The first-order valence-corrected chi connectivity index (χ1v) is 21.6. The molecule has 3 rings (SSSR count). The second-order valence-electron chi connectivity index (χ2n) is 15.6. The number of fused-ring (bicyclic) bond motifs is 1. The number of aliphatic hydroxyl groups excluding tert-OH is 1. The van der Waals surface area contributed by atoms with Crippen LogP contribution in [0.1, 0.15) is 106 Å². The Morgan fingerprint density at radius 3 is 2.13 bits per heavy atom. The van der Waals surface area contributed by atoms with Gasteiger partial charge in [-0.2, -0.15) is 0 Å². The van der Waals surface area contributed by atoms with Crippen LogP contribution in [0.15, 0.2) is 11.6 Å². The molecule has 0 aromatic heterocycles. The molecule has 3 aliphatic rings. The zero-order chi connectivity index (χ0) is 28.4. The maximum atomic E-state index is 9.24. The minimum absolute atomic E-state index is 0.0599. The molecule has 0 aromatic rings. The fraction of sp³-hybridized carbons (Fsp3) is 0.879. The van der Waals surface area contributed by atoms with Gasteiger partial charge in [0.2, 0.25) is 0 Å². The monoisotopic (exact) mass is 560 g/mol. The van der Waals surface area contributed by atoms with Gasteiger partial charge in [-0.15, -0.1) is 0 Å². The highest BCUT2D eigenvalue weighted by Crippen LogP contribution is 2.53. The second-order valence-corrected chi connectivity index (χ2v) is 25.1. The summed E-state index contributed by atoms with van der Waals surface area (Å²) in [6.45, 7) is 23.9. The highest BCUT2D eigenvalue weighted by molar-refractivity contribution is 6.74. The molecule has 0 heterocycles. The fourth-order valence-corrected chi connectivity index (χ4v) is 8.72. The third-order valence-electron chi connectivity index (χ3n) is 10.8. The van der Waals surface area contributed by atoms with Crippen LogP contribution in [-0.4, -0.2) is 40.6 Å². The van der Waals surface area contributed by atoms with E-state index < -0.39 is 16.6 Å². The van der Waals surface area contributed by atoms with Crippen molar-refractivity contribution in [2.24, 2.45) is 23.7 Å². The molecule has 0 radical (unpaired) electrons. The van der Waals surface area contributed by atoms with E-state index in [1.807, 2.05) is 0 Å². The zero-order valence-corrected chi connectivity index (χ0v) is 28.6. The van der Waals surface area contributed by atoms with Crippen LogP contribution in [0.3, 0.4) is 0 Å². The van der Waals surface area contributed by atoms with Crippen LogP contribution in [0.4, 0.5) is 0 Å². The first kappa shape index (κ1) is 32.1. The van der Waals surface area contributed by atoms with E-state index in [2.05, 4.69) is 85.6 Å². The van der Waals surface area contributed by atoms with E-state index in [1.165, 1.54) is 38.5 Å².